The van der Waals surface area contributed by atoms with Crippen LogP contribution in [0, 0.1) is 0 Å². The second kappa shape index (κ2) is 5.10. The standard InChI is InChI=1S/C11H14BrN3S/c12-9-2-1-6-14-11(9)15(8-3-4-8)7-5-10(13)16/h1-2,6,8H,3-5,7H2,(H2,13,16). The summed E-state index contributed by atoms with van der Waals surface area (Å²) in [5.74, 6) is 1.00. The van der Waals surface area contributed by atoms with Crippen LogP contribution in [0.2, 0.25) is 0 Å². The molecule has 1 heterocycles. The molecule has 86 valence electrons. The van der Waals surface area contributed by atoms with Crippen molar-refractivity contribution in [2.24, 2.45) is 5.73 Å². The Morgan fingerprint density at radius 3 is 2.94 bits per heavy atom. The van der Waals surface area contributed by atoms with Crippen molar-refractivity contribution in [1.82, 2.24) is 4.98 Å². The van der Waals surface area contributed by atoms with Gasteiger partial charge in [0, 0.05) is 25.2 Å². The average Bonchev–Trinajstić information content (AvgIpc) is 3.04. The van der Waals surface area contributed by atoms with Gasteiger partial charge in [-0.2, -0.15) is 0 Å². The maximum Gasteiger partial charge on any atom is 0.143 e. The molecule has 16 heavy (non-hydrogen) atoms. The van der Waals surface area contributed by atoms with E-state index in [0.717, 1.165) is 23.3 Å². The van der Waals surface area contributed by atoms with Crippen LogP contribution in [0.15, 0.2) is 22.8 Å². The van der Waals surface area contributed by atoms with E-state index >= 15 is 0 Å². The zero-order valence-electron chi connectivity index (χ0n) is 8.90. The van der Waals surface area contributed by atoms with E-state index in [9.17, 15) is 0 Å². The predicted molar refractivity (Wildman–Crippen MR) is 73.7 cm³/mol. The lowest BCUT2D eigenvalue weighted by Gasteiger charge is -2.24. The Hall–Kier alpha value is -0.680. The molecule has 1 aliphatic rings. The van der Waals surface area contributed by atoms with Crippen molar-refractivity contribution in [3.8, 4) is 0 Å². The minimum absolute atomic E-state index is 0.567. The van der Waals surface area contributed by atoms with Crippen LogP contribution >= 0.6 is 28.1 Å². The predicted octanol–water partition coefficient (Wildman–Crippen LogP) is 2.49. The smallest absolute Gasteiger partial charge is 0.143 e. The van der Waals surface area contributed by atoms with Crippen LogP contribution in [0.1, 0.15) is 19.3 Å². The molecular formula is C11H14BrN3S. The number of aromatic nitrogens is 1. The number of anilines is 1. The number of thiocarbonyl (C=S) groups is 1. The van der Waals surface area contributed by atoms with Gasteiger partial charge in [-0.15, -0.1) is 0 Å². The topological polar surface area (TPSA) is 42.1 Å². The summed E-state index contributed by atoms with van der Waals surface area (Å²) in [4.78, 5) is 7.27. The fourth-order valence-electron chi connectivity index (χ4n) is 1.67. The minimum atomic E-state index is 0.567. The molecule has 1 aromatic heterocycles. The van der Waals surface area contributed by atoms with Gasteiger partial charge in [0.25, 0.3) is 0 Å². The molecule has 1 saturated carbocycles. The van der Waals surface area contributed by atoms with Crippen molar-refractivity contribution in [2.45, 2.75) is 25.3 Å². The van der Waals surface area contributed by atoms with E-state index in [1.807, 2.05) is 18.3 Å². The third-order valence-electron chi connectivity index (χ3n) is 2.60. The summed E-state index contributed by atoms with van der Waals surface area (Å²) in [5, 5.41) is 0. The van der Waals surface area contributed by atoms with Gasteiger partial charge in [0.2, 0.25) is 0 Å². The van der Waals surface area contributed by atoms with Crippen LogP contribution in [-0.4, -0.2) is 22.6 Å². The van der Waals surface area contributed by atoms with Crippen molar-refractivity contribution in [3.05, 3.63) is 22.8 Å². The molecule has 0 aliphatic heterocycles. The number of nitrogens with two attached hydrogens (primary N) is 1. The first kappa shape index (κ1) is 11.8. The summed E-state index contributed by atoms with van der Waals surface area (Å²) in [5.41, 5.74) is 5.55. The van der Waals surface area contributed by atoms with Crippen molar-refractivity contribution in [3.63, 3.8) is 0 Å². The van der Waals surface area contributed by atoms with Crippen molar-refractivity contribution < 1.29 is 0 Å². The van der Waals surface area contributed by atoms with Crippen LogP contribution < -0.4 is 10.6 Å². The summed E-state index contributed by atoms with van der Waals surface area (Å²) < 4.78 is 1.03. The zero-order chi connectivity index (χ0) is 11.5. The molecular weight excluding hydrogens is 286 g/mol. The minimum Gasteiger partial charge on any atom is -0.393 e. The molecule has 3 nitrogen and oxygen atoms in total. The van der Waals surface area contributed by atoms with Gasteiger partial charge in [-0.05, 0) is 40.9 Å². The lowest BCUT2D eigenvalue weighted by molar-refractivity contribution is 0.783. The highest BCUT2D eigenvalue weighted by Crippen LogP contribution is 2.34. The first-order valence-corrected chi connectivity index (χ1v) is 6.54. The maximum atomic E-state index is 5.55. The van der Waals surface area contributed by atoms with E-state index in [1.165, 1.54) is 12.8 Å². The van der Waals surface area contributed by atoms with E-state index in [4.69, 9.17) is 18.0 Å². The van der Waals surface area contributed by atoms with Crippen LogP contribution in [-0.2, 0) is 0 Å². The zero-order valence-corrected chi connectivity index (χ0v) is 11.3. The van der Waals surface area contributed by atoms with Gasteiger partial charge in [0.15, 0.2) is 0 Å². The largest absolute Gasteiger partial charge is 0.393 e. The number of halogens is 1. The number of pyridine rings is 1. The Morgan fingerprint density at radius 2 is 2.38 bits per heavy atom. The SMILES string of the molecule is NC(=S)CCN(c1ncccc1Br)C1CC1. The quantitative estimate of drug-likeness (QED) is 0.848. The van der Waals surface area contributed by atoms with Gasteiger partial charge in [-0.1, -0.05) is 12.2 Å². The number of hydrogen-bond acceptors (Lipinski definition) is 3. The van der Waals surface area contributed by atoms with Gasteiger partial charge >= 0.3 is 0 Å². The Kier molecular flexibility index (Phi) is 3.76. The highest BCUT2D eigenvalue weighted by atomic mass is 79.9. The van der Waals surface area contributed by atoms with E-state index in [1.54, 1.807) is 0 Å². The molecule has 0 atom stereocenters. The molecule has 1 aromatic rings. The first-order chi connectivity index (χ1) is 7.68. The van der Waals surface area contributed by atoms with Gasteiger partial charge in [0.05, 0.1) is 9.46 Å². The van der Waals surface area contributed by atoms with E-state index < -0.39 is 0 Å². The van der Waals surface area contributed by atoms with Gasteiger partial charge in [-0.3, -0.25) is 0 Å². The summed E-state index contributed by atoms with van der Waals surface area (Å²) in [7, 11) is 0. The number of nitrogens with zero attached hydrogens (tertiary/aromatic N) is 2. The van der Waals surface area contributed by atoms with Crippen molar-refractivity contribution >= 4 is 39.0 Å². The molecule has 5 heteroatoms. The second-order valence-electron chi connectivity index (χ2n) is 3.95. The Bertz CT molecular complexity index is 393. The molecule has 0 amide bonds. The fraction of sp³-hybridized carbons (Fsp3) is 0.455. The fourth-order valence-corrected chi connectivity index (χ4v) is 2.24. The van der Waals surface area contributed by atoms with Crippen LogP contribution in [0.4, 0.5) is 5.82 Å². The molecule has 0 saturated heterocycles. The Balaban J connectivity index is 2.12. The lowest BCUT2D eigenvalue weighted by atomic mass is 10.3. The van der Waals surface area contributed by atoms with Crippen molar-refractivity contribution in [1.29, 1.82) is 0 Å². The number of rotatable bonds is 5. The van der Waals surface area contributed by atoms with E-state index in [0.29, 0.717) is 11.0 Å². The van der Waals surface area contributed by atoms with Crippen molar-refractivity contribution in [2.75, 3.05) is 11.4 Å². The van der Waals surface area contributed by atoms with Gasteiger partial charge in [-0.25, -0.2) is 4.98 Å². The lowest BCUT2D eigenvalue weighted by Crippen LogP contribution is -2.30. The Labute approximate surface area is 109 Å². The summed E-state index contributed by atoms with van der Waals surface area (Å²) >= 11 is 8.45. The number of hydrogen-bond donors (Lipinski definition) is 1. The second-order valence-corrected chi connectivity index (χ2v) is 5.33. The monoisotopic (exact) mass is 299 g/mol. The molecule has 2 N–H and O–H groups in total. The van der Waals surface area contributed by atoms with Crippen LogP contribution in [0.3, 0.4) is 0 Å². The summed E-state index contributed by atoms with van der Waals surface area (Å²) in [6, 6.07) is 4.55. The van der Waals surface area contributed by atoms with E-state index in [-0.39, 0.29) is 0 Å². The third-order valence-corrected chi connectivity index (χ3v) is 3.42. The van der Waals surface area contributed by atoms with Gasteiger partial charge < -0.3 is 10.6 Å². The molecule has 0 aromatic carbocycles. The normalized spacial score (nSPS) is 14.8. The maximum absolute atomic E-state index is 5.55. The van der Waals surface area contributed by atoms with E-state index in [2.05, 4.69) is 25.8 Å². The molecule has 0 radical (unpaired) electrons. The van der Waals surface area contributed by atoms with Crippen LogP contribution in [0.5, 0.6) is 0 Å². The molecule has 1 fully saturated rings. The highest BCUT2D eigenvalue weighted by molar-refractivity contribution is 9.10. The third kappa shape index (κ3) is 2.92. The molecule has 1 aliphatic carbocycles. The van der Waals surface area contributed by atoms with Gasteiger partial charge in [0.1, 0.15) is 5.82 Å². The molecule has 0 unspecified atom stereocenters. The molecule has 2 rings (SSSR count). The first-order valence-electron chi connectivity index (χ1n) is 5.34. The molecule has 0 bridgehead atoms. The molecule has 0 spiro atoms. The highest BCUT2D eigenvalue weighted by Gasteiger charge is 2.30. The Morgan fingerprint density at radius 1 is 1.62 bits per heavy atom. The van der Waals surface area contributed by atoms with Crippen LogP contribution in [0.25, 0.3) is 0 Å². The summed E-state index contributed by atoms with van der Waals surface area (Å²) in [6.45, 7) is 0.857. The average molecular weight is 300 g/mol. The summed E-state index contributed by atoms with van der Waals surface area (Å²) in [6.07, 6.45) is 5.03.